The van der Waals surface area contributed by atoms with Crippen molar-refractivity contribution in [1.29, 1.82) is 0 Å². The zero-order valence-corrected chi connectivity index (χ0v) is 10.1. The minimum Gasteiger partial charge on any atom is -0.394 e. The lowest BCUT2D eigenvalue weighted by Gasteiger charge is -2.51. The quantitative estimate of drug-likeness (QED) is 0.662. The van der Waals surface area contributed by atoms with E-state index in [2.05, 4.69) is 13.0 Å². The smallest absolute Gasteiger partial charge is 0.161 e. The number of aliphatic hydroxyl groups is 2. The van der Waals surface area contributed by atoms with Crippen LogP contribution in [0.15, 0.2) is 11.6 Å². The Labute approximate surface area is 101 Å². The van der Waals surface area contributed by atoms with Gasteiger partial charge < -0.3 is 19.7 Å². The molecule has 0 aromatic carbocycles. The predicted molar refractivity (Wildman–Crippen MR) is 61.2 cm³/mol. The largest absolute Gasteiger partial charge is 0.394 e. The highest BCUT2D eigenvalue weighted by atomic mass is 16.7. The number of allylic oxidation sites excluding steroid dienone is 2. The van der Waals surface area contributed by atoms with Crippen LogP contribution < -0.4 is 0 Å². The van der Waals surface area contributed by atoms with Gasteiger partial charge in [0.05, 0.1) is 19.3 Å². The van der Waals surface area contributed by atoms with E-state index in [9.17, 15) is 10.2 Å². The van der Waals surface area contributed by atoms with Gasteiger partial charge in [0.1, 0.15) is 6.10 Å². The summed E-state index contributed by atoms with van der Waals surface area (Å²) in [6.07, 6.45) is 2.80. The zero-order valence-electron chi connectivity index (χ0n) is 10.1. The van der Waals surface area contributed by atoms with Crippen LogP contribution in [0.1, 0.15) is 19.8 Å². The first-order valence-electron chi connectivity index (χ1n) is 6.45. The molecule has 6 atom stereocenters. The Balaban J connectivity index is 1.91. The maximum absolute atomic E-state index is 10.2. The second-order valence-electron chi connectivity index (χ2n) is 5.41. The van der Waals surface area contributed by atoms with Crippen molar-refractivity contribution in [2.45, 2.75) is 38.3 Å². The number of rotatable bonds is 1. The van der Waals surface area contributed by atoms with Gasteiger partial charge in [0.15, 0.2) is 6.29 Å². The van der Waals surface area contributed by atoms with Crippen LogP contribution in [0.4, 0.5) is 0 Å². The van der Waals surface area contributed by atoms with Gasteiger partial charge in [-0.1, -0.05) is 11.6 Å². The molecule has 0 amide bonds. The highest BCUT2D eigenvalue weighted by molar-refractivity contribution is 5.15. The molecule has 0 unspecified atom stereocenters. The molecule has 4 heteroatoms. The van der Waals surface area contributed by atoms with E-state index in [1.165, 1.54) is 5.57 Å². The molecule has 17 heavy (non-hydrogen) atoms. The van der Waals surface area contributed by atoms with E-state index in [4.69, 9.17) is 9.47 Å². The van der Waals surface area contributed by atoms with Crippen molar-refractivity contribution in [3.05, 3.63) is 11.6 Å². The molecular weight excluding hydrogens is 220 g/mol. The summed E-state index contributed by atoms with van der Waals surface area (Å²) in [6.45, 7) is 2.73. The summed E-state index contributed by atoms with van der Waals surface area (Å²) in [6, 6.07) is 0. The molecule has 0 radical (unpaired) electrons. The number of hydrogen-bond acceptors (Lipinski definition) is 4. The van der Waals surface area contributed by atoms with Crippen LogP contribution in [0, 0.1) is 17.8 Å². The fraction of sp³-hybridized carbons (Fsp3) is 0.846. The molecular formula is C13H20O4. The fourth-order valence-corrected chi connectivity index (χ4v) is 3.64. The molecule has 3 rings (SSSR count). The summed E-state index contributed by atoms with van der Waals surface area (Å²) in [4.78, 5) is 0. The van der Waals surface area contributed by atoms with E-state index >= 15 is 0 Å². The minimum atomic E-state index is -0.574. The average molecular weight is 240 g/mol. The predicted octanol–water partition coefficient (Wildman–Crippen LogP) is 0.683. The SMILES string of the molecule is CC1=CC[C@@H]2[C@H](O)[C@@H](CO)O[C@@H]3OCC[C@@H]1[C@@H]32. The minimum absolute atomic E-state index is 0.141. The summed E-state index contributed by atoms with van der Waals surface area (Å²) in [7, 11) is 0. The first-order valence-corrected chi connectivity index (χ1v) is 6.45. The first-order chi connectivity index (χ1) is 8.22. The second-order valence-corrected chi connectivity index (χ2v) is 5.41. The van der Waals surface area contributed by atoms with Crippen LogP contribution in [0.2, 0.25) is 0 Å². The zero-order chi connectivity index (χ0) is 12.0. The monoisotopic (exact) mass is 240 g/mol. The Morgan fingerprint density at radius 2 is 2.29 bits per heavy atom. The van der Waals surface area contributed by atoms with E-state index in [0.717, 1.165) is 12.8 Å². The maximum atomic E-state index is 10.2. The number of hydrogen-bond donors (Lipinski definition) is 2. The van der Waals surface area contributed by atoms with Gasteiger partial charge in [-0.3, -0.25) is 0 Å². The Morgan fingerprint density at radius 3 is 3.06 bits per heavy atom. The van der Waals surface area contributed by atoms with Gasteiger partial charge in [0.2, 0.25) is 0 Å². The molecule has 3 aliphatic rings. The highest BCUT2D eigenvalue weighted by Crippen LogP contribution is 2.47. The van der Waals surface area contributed by atoms with Gasteiger partial charge in [0.25, 0.3) is 0 Å². The van der Waals surface area contributed by atoms with Crippen molar-refractivity contribution in [3.8, 4) is 0 Å². The third kappa shape index (κ3) is 1.74. The molecule has 2 heterocycles. The average Bonchev–Trinajstić information content (AvgIpc) is 2.36. The third-order valence-electron chi connectivity index (χ3n) is 4.59. The van der Waals surface area contributed by atoms with E-state index < -0.39 is 12.2 Å². The topological polar surface area (TPSA) is 58.9 Å². The number of ether oxygens (including phenoxy) is 2. The first kappa shape index (κ1) is 11.7. The molecule has 0 bridgehead atoms. The molecule has 96 valence electrons. The van der Waals surface area contributed by atoms with Crippen LogP contribution in [0.3, 0.4) is 0 Å². The van der Waals surface area contributed by atoms with Gasteiger partial charge in [-0.05, 0) is 31.6 Å². The molecule has 0 spiro atoms. The highest BCUT2D eigenvalue weighted by Gasteiger charge is 2.51. The standard InChI is InChI=1S/C13H20O4/c1-7-2-3-9-11-8(7)4-5-16-13(11)17-10(6-14)12(9)15/h2,8-15H,3-6H2,1H3/t8-,9-,10+,11+,12-,13-/m0/s1. The fourth-order valence-electron chi connectivity index (χ4n) is 3.64. The Hall–Kier alpha value is -0.420. The van der Waals surface area contributed by atoms with Crippen LogP contribution >= 0.6 is 0 Å². The summed E-state index contributed by atoms with van der Waals surface area (Å²) in [5, 5.41) is 19.5. The lowest BCUT2D eigenvalue weighted by atomic mass is 9.66. The van der Waals surface area contributed by atoms with Gasteiger partial charge in [0, 0.05) is 5.92 Å². The van der Waals surface area contributed by atoms with E-state index in [-0.39, 0.29) is 24.7 Å². The van der Waals surface area contributed by atoms with Crippen molar-refractivity contribution < 1.29 is 19.7 Å². The summed E-state index contributed by atoms with van der Waals surface area (Å²) in [5.41, 5.74) is 1.40. The summed E-state index contributed by atoms with van der Waals surface area (Å²) >= 11 is 0. The van der Waals surface area contributed by atoms with Crippen LogP contribution in [0.5, 0.6) is 0 Å². The van der Waals surface area contributed by atoms with Crippen LogP contribution in [0.25, 0.3) is 0 Å². The van der Waals surface area contributed by atoms with Crippen molar-refractivity contribution in [2.24, 2.45) is 17.8 Å². The van der Waals surface area contributed by atoms with Gasteiger partial charge in [-0.15, -0.1) is 0 Å². The maximum Gasteiger partial charge on any atom is 0.161 e. The Morgan fingerprint density at radius 1 is 1.47 bits per heavy atom. The lowest BCUT2D eigenvalue weighted by molar-refractivity contribution is -0.298. The van der Waals surface area contributed by atoms with Crippen molar-refractivity contribution in [1.82, 2.24) is 0 Å². The van der Waals surface area contributed by atoms with E-state index in [1.54, 1.807) is 0 Å². The molecule has 2 fully saturated rings. The molecule has 2 aliphatic heterocycles. The molecule has 1 aliphatic carbocycles. The van der Waals surface area contributed by atoms with Gasteiger partial charge in [-0.2, -0.15) is 0 Å². The third-order valence-corrected chi connectivity index (χ3v) is 4.59. The van der Waals surface area contributed by atoms with Gasteiger partial charge >= 0.3 is 0 Å². The second kappa shape index (κ2) is 4.35. The van der Waals surface area contributed by atoms with E-state index in [0.29, 0.717) is 12.5 Å². The molecule has 2 saturated heterocycles. The number of aliphatic hydroxyl groups excluding tert-OH is 2. The normalized spacial score (nSPS) is 49.5. The molecule has 0 aromatic heterocycles. The van der Waals surface area contributed by atoms with E-state index in [1.807, 2.05) is 0 Å². The summed E-state index contributed by atoms with van der Waals surface area (Å²) < 4.78 is 11.4. The Kier molecular flexibility index (Phi) is 2.99. The van der Waals surface area contributed by atoms with Crippen molar-refractivity contribution in [2.75, 3.05) is 13.2 Å². The van der Waals surface area contributed by atoms with Crippen LogP contribution in [-0.4, -0.2) is 41.9 Å². The summed E-state index contributed by atoms with van der Waals surface area (Å²) in [5.74, 6) is 0.897. The van der Waals surface area contributed by atoms with Gasteiger partial charge in [-0.25, -0.2) is 0 Å². The van der Waals surface area contributed by atoms with Crippen molar-refractivity contribution >= 4 is 0 Å². The Bertz CT molecular complexity index is 327. The molecule has 0 saturated carbocycles. The van der Waals surface area contributed by atoms with Crippen molar-refractivity contribution in [3.63, 3.8) is 0 Å². The molecule has 2 N–H and O–H groups in total. The molecule has 4 nitrogen and oxygen atoms in total. The van der Waals surface area contributed by atoms with Crippen LogP contribution in [-0.2, 0) is 9.47 Å². The molecule has 0 aromatic rings. The lowest BCUT2D eigenvalue weighted by Crippen LogP contribution is -2.58.